The molecule has 6 heterocycles. The highest BCUT2D eigenvalue weighted by Gasteiger charge is 2.71. The van der Waals surface area contributed by atoms with E-state index in [1.165, 1.54) is 33.3 Å². The number of halogens is 12. The minimum absolute atomic E-state index is 0.0600. The van der Waals surface area contributed by atoms with E-state index in [-0.39, 0.29) is 166 Å². The van der Waals surface area contributed by atoms with Crippen molar-refractivity contribution < 1.29 is 163 Å². The summed E-state index contributed by atoms with van der Waals surface area (Å²) in [6.07, 6.45) is -0.911. The summed E-state index contributed by atoms with van der Waals surface area (Å²) >= 11 is -1.68. The quantitative estimate of drug-likeness (QED) is 0.0171. The third-order valence-corrected chi connectivity index (χ3v) is 38.7. The van der Waals surface area contributed by atoms with Crippen LogP contribution in [0, 0.1) is 115 Å². The van der Waals surface area contributed by atoms with Gasteiger partial charge in [0.1, 0.15) is 51.8 Å². The molecule has 0 bridgehead atoms. The Morgan fingerprint density at radius 2 is 0.657 bits per heavy atom. The molecule has 143 heavy (non-hydrogen) atoms. The Morgan fingerprint density at radius 3 is 0.937 bits per heavy atom. The maximum atomic E-state index is 13.6. The summed E-state index contributed by atoms with van der Waals surface area (Å²) in [7, 11) is 0. The average Bonchev–Trinajstić information content (AvgIpc) is 1.44. The molecular formula is C104H141F12N3O23S. The van der Waals surface area contributed by atoms with Crippen LogP contribution in [0.4, 0.5) is 52.7 Å². The van der Waals surface area contributed by atoms with E-state index in [0.29, 0.717) is 126 Å². The van der Waals surface area contributed by atoms with Crippen LogP contribution in [0.15, 0.2) is 119 Å². The van der Waals surface area contributed by atoms with Crippen LogP contribution in [0.1, 0.15) is 230 Å². The smallest absolute Gasteiger partial charge is 0.417 e. The first-order valence-corrected chi connectivity index (χ1v) is 50.7. The normalized spacial score (nSPS) is 43.2. The number of aliphatic hydroxyl groups excluding tert-OH is 3. The number of hydrogen-bond acceptors (Lipinski definition) is 23. The molecule has 6 saturated heterocycles. The zero-order valence-electron chi connectivity index (χ0n) is 82.9. The van der Waals surface area contributed by atoms with Crippen molar-refractivity contribution in [3.05, 3.63) is 119 Å². The van der Waals surface area contributed by atoms with Gasteiger partial charge in [0.05, 0.1) is 58.7 Å². The number of fused-ring (bicyclic) bond motifs is 7. The molecule has 0 aromatic carbocycles. The molecule has 10 N–H and O–H groups in total. The van der Waals surface area contributed by atoms with E-state index in [1.54, 1.807) is 24.3 Å². The predicted molar refractivity (Wildman–Crippen MR) is 497 cm³/mol. The van der Waals surface area contributed by atoms with Gasteiger partial charge in [-0.05, 0) is 270 Å². The highest BCUT2D eigenvalue weighted by Crippen LogP contribution is 2.69. The van der Waals surface area contributed by atoms with Crippen LogP contribution >= 0.6 is 0 Å². The summed E-state index contributed by atoms with van der Waals surface area (Å²) in [6.45, 7) is 39.2. The second kappa shape index (κ2) is 42.6. The van der Waals surface area contributed by atoms with Crippen LogP contribution in [0.5, 0.6) is 0 Å². The molecule has 16 rings (SSSR count). The SMILES string of the molecule is C=C1CC[C@@H]2[C@@H](C)[C@@](O)(C(F)(F)F)CC[C@@]2(C)[C@@H]1C/C=C1/C(=O)OC[C@@H]1NC=O.C=C1CC[C@@H]2[C@@H](C)[C@@](O)(C(F)(F)F)CC[C@@]2(C)[C@@H]1C/C=C1/C(=O)OC[C@H]1NC=O.C=C1CC[C@@H]2[C@@H](C)[C@@](O)(C(F)(F)F)CC[C@@]2(C)[C@@H]1C/C=C1/C(=O)OC[C@H]1O.C=C1CC[C@@H]2[C@@H](C)[C@](O)(C(F)(F)F)CC[C@@]2(C)[C@@H]1C/C=C1/C(=O)OC[C@H]1O.C=C1CC[C@@H]2[C@]3(C)COS(=O)O[C@@H]3CC[C@@]2(C)[C@@H]1C/C=C1/C(=O)OC[C@@H]1NC(=O)CO. The van der Waals surface area contributed by atoms with E-state index in [2.05, 4.69) is 62.7 Å². The number of amides is 3. The van der Waals surface area contributed by atoms with Crippen LogP contribution in [0.3, 0.4) is 0 Å². The van der Waals surface area contributed by atoms with Crippen molar-refractivity contribution in [2.45, 2.75) is 313 Å². The Hall–Kier alpha value is -7.89. The molecule has 0 spiro atoms. The van der Waals surface area contributed by atoms with E-state index in [0.717, 1.165) is 48.0 Å². The summed E-state index contributed by atoms with van der Waals surface area (Å²) in [5.41, 5.74) is -6.19. The first-order chi connectivity index (χ1) is 66.4. The molecule has 26 nitrogen and oxygen atoms in total. The maximum Gasteiger partial charge on any atom is 0.417 e. The number of esters is 5. The molecule has 10 aliphatic carbocycles. The van der Waals surface area contributed by atoms with Gasteiger partial charge in [-0.15, -0.1) is 0 Å². The highest BCUT2D eigenvalue weighted by molar-refractivity contribution is 7.75. The van der Waals surface area contributed by atoms with Crippen molar-refractivity contribution in [3.63, 3.8) is 0 Å². The van der Waals surface area contributed by atoms with Crippen LogP contribution in [0.25, 0.3) is 0 Å². The number of alkyl halides is 12. The van der Waals surface area contributed by atoms with Gasteiger partial charge in [-0.2, -0.15) is 56.9 Å². The Balaban J connectivity index is 0.000000160. The molecule has 16 aliphatic rings. The van der Waals surface area contributed by atoms with Crippen LogP contribution in [0.2, 0.25) is 0 Å². The molecule has 16 fully saturated rings. The molecule has 1 unspecified atom stereocenters. The molecule has 6 aliphatic heterocycles. The summed E-state index contributed by atoms with van der Waals surface area (Å²) in [5.74, 6) is -7.91. The summed E-state index contributed by atoms with van der Waals surface area (Å²) in [6, 6.07) is -1.57. The Bertz CT molecular complexity index is 4830. The first-order valence-electron chi connectivity index (χ1n) is 49.7. The topological polar surface area (TPSA) is 396 Å². The Morgan fingerprint density at radius 1 is 0.392 bits per heavy atom. The lowest BCUT2D eigenvalue weighted by Gasteiger charge is -2.61. The monoisotopic (exact) mass is 2060 g/mol. The van der Waals surface area contributed by atoms with E-state index in [1.807, 2.05) is 33.8 Å². The zero-order chi connectivity index (χ0) is 106. The maximum absolute atomic E-state index is 13.6. The zero-order valence-corrected chi connectivity index (χ0v) is 83.7. The van der Waals surface area contributed by atoms with Crippen molar-refractivity contribution in [3.8, 4) is 0 Å². The van der Waals surface area contributed by atoms with Gasteiger partial charge in [0.2, 0.25) is 18.7 Å². The van der Waals surface area contributed by atoms with Gasteiger partial charge in [-0.25, -0.2) is 24.0 Å². The van der Waals surface area contributed by atoms with Gasteiger partial charge >= 0.3 is 65.9 Å². The molecule has 39 heteroatoms. The highest BCUT2D eigenvalue weighted by atomic mass is 32.2. The van der Waals surface area contributed by atoms with Crippen molar-refractivity contribution in [2.24, 2.45) is 115 Å². The van der Waals surface area contributed by atoms with Crippen LogP contribution < -0.4 is 16.0 Å². The second-order valence-corrected chi connectivity index (χ2v) is 45.5. The molecule has 3 amide bonds. The molecular weight excluding hydrogens is 1920 g/mol. The van der Waals surface area contributed by atoms with Gasteiger partial charge in [-0.1, -0.05) is 160 Å². The number of carbonyl (C=O) groups excluding carboxylic acids is 8. The molecule has 800 valence electrons. The largest absolute Gasteiger partial charge is 0.460 e. The summed E-state index contributed by atoms with van der Waals surface area (Å²) in [5, 5.41) is 78.2. The van der Waals surface area contributed by atoms with Crippen LogP contribution in [-0.2, 0) is 81.8 Å². The average molecular weight is 2060 g/mol. The van der Waals surface area contributed by atoms with Crippen molar-refractivity contribution >= 4 is 59.9 Å². The number of rotatable bonds is 16. The van der Waals surface area contributed by atoms with Gasteiger partial charge < -0.3 is 75.4 Å². The third kappa shape index (κ3) is 21.3. The third-order valence-electron chi connectivity index (χ3n) is 38.0. The predicted octanol–water partition coefficient (Wildman–Crippen LogP) is 15.4. The number of hydrogen-bond donors (Lipinski definition) is 10. The number of ether oxygens (including phenoxy) is 5. The van der Waals surface area contributed by atoms with Crippen molar-refractivity contribution in [1.82, 2.24) is 16.0 Å². The number of cyclic esters (lactones) is 5. The number of allylic oxidation sites excluding steroid dienone is 10. The lowest BCUT2D eigenvalue weighted by Crippen LogP contribution is -2.61. The Labute approximate surface area is 828 Å². The van der Waals surface area contributed by atoms with Gasteiger partial charge in [0.15, 0.2) is 22.4 Å². The second-order valence-electron chi connectivity index (χ2n) is 44.6. The lowest BCUT2D eigenvalue weighted by molar-refractivity contribution is -0.306. The van der Waals surface area contributed by atoms with Gasteiger partial charge in [0, 0.05) is 5.41 Å². The summed E-state index contributed by atoms with van der Waals surface area (Å²) in [4.78, 5) is 92.8. The molecule has 0 aromatic rings. The fraction of sp³-hybridized carbons (Fsp3) is 0.731. The van der Waals surface area contributed by atoms with Crippen LogP contribution in [-0.4, -0.2) is 218 Å². The van der Waals surface area contributed by atoms with E-state index < -0.39 is 176 Å². The minimum Gasteiger partial charge on any atom is -0.460 e. The minimum atomic E-state index is -4.67. The molecule has 10 saturated carbocycles. The molecule has 0 radical (unpaired) electrons. The van der Waals surface area contributed by atoms with Crippen molar-refractivity contribution in [1.29, 1.82) is 0 Å². The summed E-state index contributed by atoms with van der Waals surface area (Å²) < 4.78 is 210. The number of nitrogens with one attached hydrogen (secondary N) is 3. The van der Waals surface area contributed by atoms with Gasteiger partial charge in [-0.3, -0.25) is 22.7 Å². The first kappa shape index (κ1) is 114. The number of aliphatic hydroxyl groups is 7. The van der Waals surface area contributed by atoms with E-state index >= 15 is 0 Å². The van der Waals surface area contributed by atoms with E-state index in [9.17, 15) is 126 Å². The molecule has 31 atom stereocenters. The lowest BCUT2D eigenvalue weighted by atomic mass is 9.46. The van der Waals surface area contributed by atoms with Gasteiger partial charge in [0.25, 0.3) is 0 Å². The Kier molecular flexibility index (Phi) is 33.9. The standard InChI is InChI=1S/C22H31NO7S.2C21H28F3NO4.2C20H27F3O4/c1-13-4-7-17-21(2,9-8-18-22(17,3)12-29-31(27)30-18)15(13)6-5-14-16(11-28-20(14)26)23-19(25)10-24;2*1-12-4-6-16-13(2)20(28,21(22,23)24)9-8-19(16,3)15(12)7-5-14-17(25-11-26)10-29-18(14)27;2*1-11-4-6-15-12(2)19(26,20(21,22)23)9-8-18(15,3)14(11)7-5-13-16(24)10-27-17(13)25/h5,15-18,24H,1,4,6-12H2,2-3H3,(H,23,25);2*5,11,13,15-17,28H,1,4,6-10H2,2-3H3,(H,25,26);2*5,12,14-16,24,26H,1,4,6-10H2,2-3H3/b3*14-5+;2*13-5+/t15-,16+,17+,18-,21+,22+,31?;13-,15-,16-,17+,19+,20-;13-,15-,16-,17-,19+,20-;12-,14-,15-,16-,18+,19+;12-,14-,15-,16-,18+,19-/m11111/s1. The number of carbonyl (C=O) groups is 8. The fourth-order valence-electron chi connectivity index (χ4n) is 29.0. The van der Waals surface area contributed by atoms with E-state index in [4.69, 9.17) is 37.2 Å². The molecule has 0 aromatic heterocycles. The fourth-order valence-corrected chi connectivity index (χ4v) is 29.9. The van der Waals surface area contributed by atoms with Crippen molar-refractivity contribution in [2.75, 3.05) is 46.2 Å².